The summed E-state index contributed by atoms with van der Waals surface area (Å²) in [6, 6.07) is 0. The Balaban J connectivity index is 2.56. The smallest absolute Gasteiger partial charge is 0.229 e. The van der Waals surface area contributed by atoms with Crippen LogP contribution >= 0.6 is 0 Å². The Morgan fingerprint density at radius 1 is 1.75 bits per heavy atom. The van der Waals surface area contributed by atoms with E-state index in [-0.39, 0.29) is 6.10 Å². The summed E-state index contributed by atoms with van der Waals surface area (Å²) in [4.78, 5) is 3.50. The summed E-state index contributed by atoms with van der Waals surface area (Å²) in [7, 11) is 0. The maximum atomic E-state index is 12.3. The van der Waals surface area contributed by atoms with Crippen molar-refractivity contribution < 1.29 is 9.13 Å². The lowest BCUT2D eigenvalue weighted by Gasteiger charge is -2.02. The molecule has 1 heterocycles. The van der Waals surface area contributed by atoms with Crippen molar-refractivity contribution in [1.82, 2.24) is 0 Å². The number of hydrogen-bond acceptors (Lipinski definition) is 2. The number of nitrogens with zero attached hydrogens (tertiary/aromatic N) is 1. The van der Waals surface area contributed by atoms with Crippen LogP contribution in [-0.2, 0) is 4.74 Å². The first-order valence-corrected chi connectivity index (χ1v) is 2.55. The normalized spacial score (nSPS) is 36.6. The summed E-state index contributed by atoms with van der Waals surface area (Å²) >= 11 is 0. The fourth-order valence-electron chi connectivity index (χ4n) is 0.634. The zero-order valence-electron chi connectivity index (χ0n) is 4.89. The molecule has 2 nitrogen and oxygen atoms in total. The quantitative estimate of drug-likeness (QED) is 0.435. The van der Waals surface area contributed by atoms with Gasteiger partial charge >= 0.3 is 0 Å². The molecule has 0 saturated heterocycles. The molecular weight excluding hydrogens is 109 g/mol. The van der Waals surface area contributed by atoms with Crippen molar-refractivity contribution in [3.05, 3.63) is 0 Å². The highest BCUT2D eigenvalue weighted by Gasteiger charge is 2.23. The van der Waals surface area contributed by atoms with Crippen LogP contribution in [0.3, 0.4) is 0 Å². The summed E-state index contributed by atoms with van der Waals surface area (Å²) in [5, 5.41) is 0. The molecule has 0 fully saturated rings. The summed E-state index contributed by atoms with van der Waals surface area (Å²) in [5.41, 5.74) is 0. The predicted molar refractivity (Wildman–Crippen MR) is 28.6 cm³/mol. The van der Waals surface area contributed by atoms with Gasteiger partial charge in [-0.15, -0.1) is 0 Å². The topological polar surface area (TPSA) is 21.6 Å². The van der Waals surface area contributed by atoms with Crippen molar-refractivity contribution in [2.75, 3.05) is 0 Å². The molecule has 0 saturated carbocycles. The molecule has 46 valence electrons. The molecule has 0 bridgehead atoms. The van der Waals surface area contributed by atoms with E-state index < -0.39 is 6.30 Å². The average Bonchev–Trinajstić information content (AvgIpc) is 1.85. The Morgan fingerprint density at radius 2 is 2.38 bits per heavy atom. The van der Waals surface area contributed by atoms with Crippen LogP contribution in [0, 0.1) is 0 Å². The first kappa shape index (κ1) is 5.54. The van der Waals surface area contributed by atoms with E-state index in [1.165, 1.54) is 0 Å². The van der Waals surface area contributed by atoms with Gasteiger partial charge in [-0.05, 0) is 6.92 Å². The third kappa shape index (κ3) is 0.804. The second-order valence-electron chi connectivity index (χ2n) is 1.84. The molecule has 0 N–H and O–H groups in total. The van der Waals surface area contributed by atoms with Crippen molar-refractivity contribution in [2.24, 2.45) is 4.99 Å². The minimum atomic E-state index is -1.14. The standard InChI is InChI=1S/C5H8FNO/c1-3-5(6)7-4(2)8-3/h3,5H,1-2H3. The molecule has 0 radical (unpaired) electrons. The second-order valence-corrected chi connectivity index (χ2v) is 1.84. The molecule has 3 heteroatoms. The molecule has 2 unspecified atom stereocenters. The van der Waals surface area contributed by atoms with Crippen LogP contribution in [0.15, 0.2) is 4.99 Å². The Bertz CT molecular complexity index is 124. The van der Waals surface area contributed by atoms with E-state index in [0.717, 1.165) is 0 Å². The van der Waals surface area contributed by atoms with E-state index in [0.29, 0.717) is 5.90 Å². The minimum Gasteiger partial charge on any atom is -0.473 e. The highest BCUT2D eigenvalue weighted by molar-refractivity contribution is 5.74. The maximum Gasteiger partial charge on any atom is 0.229 e. The molecule has 0 aromatic rings. The molecule has 0 amide bonds. The van der Waals surface area contributed by atoms with E-state index in [1.807, 2.05) is 0 Å². The number of rotatable bonds is 0. The van der Waals surface area contributed by atoms with Gasteiger partial charge in [0.2, 0.25) is 6.30 Å². The lowest BCUT2D eigenvalue weighted by Crippen LogP contribution is -2.12. The lowest BCUT2D eigenvalue weighted by atomic mass is 10.4. The average molecular weight is 117 g/mol. The highest BCUT2D eigenvalue weighted by atomic mass is 19.1. The molecule has 1 rings (SSSR count). The number of hydrogen-bond donors (Lipinski definition) is 0. The van der Waals surface area contributed by atoms with Crippen LogP contribution < -0.4 is 0 Å². The van der Waals surface area contributed by atoms with Gasteiger partial charge in [-0.25, -0.2) is 9.38 Å². The van der Waals surface area contributed by atoms with Gasteiger partial charge in [0.1, 0.15) is 6.10 Å². The van der Waals surface area contributed by atoms with Crippen molar-refractivity contribution in [1.29, 1.82) is 0 Å². The number of ether oxygens (including phenoxy) is 1. The largest absolute Gasteiger partial charge is 0.473 e. The van der Waals surface area contributed by atoms with E-state index in [2.05, 4.69) is 4.99 Å². The van der Waals surface area contributed by atoms with E-state index in [1.54, 1.807) is 13.8 Å². The van der Waals surface area contributed by atoms with Gasteiger partial charge in [-0.1, -0.05) is 0 Å². The van der Waals surface area contributed by atoms with Gasteiger partial charge in [-0.3, -0.25) is 0 Å². The number of aliphatic imine (C=N–C) groups is 1. The van der Waals surface area contributed by atoms with Crippen molar-refractivity contribution in [2.45, 2.75) is 26.2 Å². The Hall–Kier alpha value is -0.600. The Labute approximate surface area is 47.4 Å². The van der Waals surface area contributed by atoms with Gasteiger partial charge in [-0.2, -0.15) is 0 Å². The van der Waals surface area contributed by atoms with Crippen molar-refractivity contribution >= 4 is 5.90 Å². The van der Waals surface area contributed by atoms with Crippen molar-refractivity contribution in [3.63, 3.8) is 0 Å². The zero-order chi connectivity index (χ0) is 6.15. The third-order valence-electron chi connectivity index (χ3n) is 1.05. The summed E-state index contributed by atoms with van der Waals surface area (Å²) < 4.78 is 17.1. The van der Waals surface area contributed by atoms with Gasteiger partial charge in [0.15, 0.2) is 5.90 Å². The Kier molecular flexibility index (Phi) is 1.19. The van der Waals surface area contributed by atoms with Crippen LogP contribution in [-0.4, -0.2) is 18.3 Å². The lowest BCUT2D eigenvalue weighted by molar-refractivity contribution is 0.145. The van der Waals surface area contributed by atoms with Crippen LogP contribution in [0.1, 0.15) is 13.8 Å². The second kappa shape index (κ2) is 1.73. The summed E-state index contributed by atoms with van der Waals surface area (Å²) in [6.07, 6.45) is -1.52. The fraction of sp³-hybridized carbons (Fsp3) is 0.800. The van der Waals surface area contributed by atoms with Gasteiger partial charge < -0.3 is 4.74 Å². The van der Waals surface area contributed by atoms with Gasteiger partial charge in [0.25, 0.3) is 0 Å². The van der Waals surface area contributed by atoms with Crippen molar-refractivity contribution in [3.8, 4) is 0 Å². The van der Waals surface area contributed by atoms with E-state index in [4.69, 9.17) is 4.74 Å². The van der Waals surface area contributed by atoms with E-state index in [9.17, 15) is 4.39 Å². The monoisotopic (exact) mass is 117 g/mol. The summed E-state index contributed by atoms with van der Waals surface area (Å²) in [6.45, 7) is 3.31. The molecule has 0 aliphatic carbocycles. The first-order chi connectivity index (χ1) is 3.70. The SMILES string of the molecule is CC1=NC(F)C(C)O1. The summed E-state index contributed by atoms with van der Waals surface area (Å²) in [5.74, 6) is 0.449. The van der Waals surface area contributed by atoms with Gasteiger partial charge in [0, 0.05) is 6.92 Å². The van der Waals surface area contributed by atoms with Crippen LogP contribution in [0.2, 0.25) is 0 Å². The molecule has 2 atom stereocenters. The zero-order valence-corrected chi connectivity index (χ0v) is 4.89. The van der Waals surface area contributed by atoms with Gasteiger partial charge in [0.05, 0.1) is 0 Å². The van der Waals surface area contributed by atoms with E-state index >= 15 is 0 Å². The van der Waals surface area contributed by atoms with Crippen LogP contribution in [0.4, 0.5) is 4.39 Å². The molecule has 1 aliphatic rings. The molecule has 0 aromatic heterocycles. The predicted octanol–water partition coefficient (Wildman–Crippen LogP) is 1.12. The minimum absolute atomic E-state index is 0.380. The molecule has 8 heavy (non-hydrogen) atoms. The Morgan fingerprint density at radius 3 is 2.50 bits per heavy atom. The number of alkyl halides is 1. The highest BCUT2D eigenvalue weighted by Crippen LogP contribution is 2.12. The molecule has 1 aliphatic heterocycles. The first-order valence-electron chi connectivity index (χ1n) is 2.55. The van der Waals surface area contributed by atoms with Crippen LogP contribution in [0.25, 0.3) is 0 Å². The molecular formula is C5H8FNO. The molecule has 0 spiro atoms. The maximum absolute atomic E-state index is 12.3. The molecule has 0 aromatic carbocycles. The fourth-order valence-corrected chi connectivity index (χ4v) is 0.634. The number of halogens is 1. The third-order valence-corrected chi connectivity index (χ3v) is 1.05. The van der Waals surface area contributed by atoms with Crippen LogP contribution in [0.5, 0.6) is 0 Å².